The van der Waals surface area contributed by atoms with E-state index in [2.05, 4.69) is 16.0 Å². The molecule has 4 atom stereocenters. The van der Waals surface area contributed by atoms with Gasteiger partial charge in [-0.05, 0) is 23.1 Å². The van der Waals surface area contributed by atoms with Crippen LogP contribution in [0.15, 0.2) is 91.0 Å². The first-order chi connectivity index (χ1) is 20.1. The van der Waals surface area contributed by atoms with Crippen molar-refractivity contribution in [2.75, 3.05) is 0 Å². The van der Waals surface area contributed by atoms with Crippen LogP contribution in [0.4, 0.5) is 0 Å². The third-order valence-electron chi connectivity index (χ3n) is 6.46. The summed E-state index contributed by atoms with van der Waals surface area (Å²) in [5.41, 5.74) is 8.14. The number of rotatable bonds is 15. The molecule has 0 heterocycles. The molecule has 11 nitrogen and oxygen atoms in total. The highest BCUT2D eigenvalue weighted by molar-refractivity contribution is 5.95. The van der Waals surface area contributed by atoms with Gasteiger partial charge in [0.05, 0.1) is 12.5 Å². The lowest BCUT2D eigenvalue weighted by atomic mass is 10.0. The Kier molecular flexibility index (Phi) is 11.8. The Balaban J connectivity index is 1.76. The van der Waals surface area contributed by atoms with Gasteiger partial charge < -0.3 is 31.9 Å². The number of carboxylic acids is 2. The molecule has 3 amide bonds. The van der Waals surface area contributed by atoms with Crippen molar-refractivity contribution in [3.05, 3.63) is 108 Å². The minimum Gasteiger partial charge on any atom is -0.481 e. The predicted octanol–water partition coefficient (Wildman–Crippen LogP) is 1.06. The second kappa shape index (κ2) is 15.7. The molecule has 0 aliphatic heterocycles. The van der Waals surface area contributed by atoms with Crippen LogP contribution in [0.25, 0.3) is 0 Å². The maximum absolute atomic E-state index is 13.4. The average Bonchev–Trinajstić information content (AvgIpc) is 2.97. The van der Waals surface area contributed by atoms with Crippen LogP contribution in [0.1, 0.15) is 23.1 Å². The number of carboxylic acid groups (broad SMARTS) is 2. The first-order valence-corrected chi connectivity index (χ1v) is 13.4. The van der Waals surface area contributed by atoms with Crippen molar-refractivity contribution in [2.45, 2.75) is 49.9 Å². The van der Waals surface area contributed by atoms with Crippen LogP contribution in [0, 0.1) is 0 Å². The number of hydrogen-bond donors (Lipinski definition) is 6. The molecule has 0 fully saturated rings. The minimum atomic E-state index is -1.54. The average molecular weight is 575 g/mol. The topological polar surface area (TPSA) is 188 Å². The third-order valence-corrected chi connectivity index (χ3v) is 6.46. The van der Waals surface area contributed by atoms with Crippen molar-refractivity contribution in [3.63, 3.8) is 0 Å². The number of carbonyl (C=O) groups excluding carboxylic acids is 3. The summed E-state index contributed by atoms with van der Waals surface area (Å²) in [6.07, 6.45) is -0.617. The molecule has 0 aliphatic carbocycles. The van der Waals surface area contributed by atoms with Crippen molar-refractivity contribution in [1.82, 2.24) is 16.0 Å². The molecule has 4 unspecified atom stereocenters. The Hall–Kier alpha value is -5.03. The van der Waals surface area contributed by atoms with Crippen molar-refractivity contribution in [2.24, 2.45) is 5.73 Å². The Morgan fingerprint density at radius 1 is 0.548 bits per heavy atom. The zero-order valence-electron chi connectivity index (χ0n) is 22.8. The largest absolute Gasteiger partial charge is 0.481 e. The normalized spacial score (nSPS) is 13.5. The number of hydrogen-bond acceptors (Lipinski definition) is 6. The van der Waals surface area contributed by atoms with Crippen LogP contribution in [-0.4, -0.2) is 64.0 Å². The van der Waals surface area contributed by atoms with E-state index < -0.39 is 60.2 Å². The van der Waals surface area contributed by atoms with Crippen molar-refractivity contribution >= 4 is 29.7 Å². The monoisotopic (exact) mass is 574 g/mol. The highest BCUT2D eigenvalue weighted by atomic mass is 16.4. The second-order valence-corrected chi connectivity index (χ2v) is 9.80. The van der Waals surface area contributed by atoms with Crippen LogP contribution >= 0.6 is 0 Å². The number of amides is 3. The summed E-state index contributed by atoms with van der Waals surface area (Å²) in [6, 6.07) is 21.2. The van der Waals surface area contributed by atoms with Gasteiger partial charge in [-0.2, -0.15) is 0 Å². The molecule has 42 heavy (non-hydrogen) atoms. The van der Waals surface area contributed by atoms with Gasteiger partial charge in [-0.3, -0.25) is 19.2 Å². The lowest BCUT2D eigenvalue weighted by molar-refractivity contribution is -0.143. The van der Waals surface area contributed by atoms with E-state index in [1.807, 2.05) is 6.07 Å². The van der Waals surface area contributed by atoms with Crippen LogP contribution in [-0.2, 0) is 43.2 Å². The summed E-state index contributed by atoms with van der Waals surface area (Å²) in [7, 11) is 0. The highest BCUT2D eigenvalue weighted by Gasteiger charge is 2.31. The SMILES string of the molecule is NC(Cc1ccccc1)C(=O)NC(CC(=O)O)C(=O)NC(Cc1ccccc1)C(=O)NC(Cc1ccccc1)C(=O)O. The highest BCUT2D eigenvalue weighted by Crippen LogP contribution is 2.08. The number of nitrogens with two attached hydrogens (primary N) is 1. The smallest absolute Gasteiger partial charge is 0.326 e. The molecular formula is C31H34N4O7. The minimum absolute atomic E-state index is 0.00488. The van der Waals surface area contributed by atoms with Crippen LogP contribution in [0.3, 0.4) is 0 Å². The van der Waals surface area contributed by atoms with E-state index in [9.17, 15) is 34.2 Å². The number of aliphatic carboxylic acids is 2. The summed E-state index contributed by atoms with van der Waals surface area (Å²) in [5, 5.41) is 26.5. The van der Waals surface area contributed by atoms with Crippen molar-refractivity contribution in [3.8, 4) is 0 Å². The van der Waals surface area contributed by atoms with Gasteiger partial charge in [-0.25, -0.2) is 4.79 Å². The van der Waals surface area contributed by atoms with E-state index in [0.717, 1.165) is 5.56 Å². The zero-order valence-corrected chi connectivity index (χ0v) is 22.8. The number of benzene rings is 3. The summed E-state index contributed by atoms with van der Waals surface area (Å²) in [4.78, 5) is 62.9. The molecule has 11 heteroatoms. The van der Waals surface area contributed by atoms with E-state index in [0.29, 0.717) is 11.1 Å². The van der Waals surface area contributed by atoms with E-state index in [1.165, 1.54) is 0 Å². The standard InChI is InChI=1S/C31H34N4O7/c32-23(16-20-10-4-1-5-11-20)28(38)33-25(19-27(36)37)30(40)34-24(17-21-12-6-2-7-13-21)29(39)35-26(31(41)42)18-22-14-8-3-9-15-22/h1-15,23-26H,16-19,32H2,(H,33,38)(H,34,40)(H,35,39)(H,36,37)(H,41,42). The molecule has 7 N–H and O–H groups in total. The van der Waals surface area contributed by atoms with Gasteiger partial charge in [-0.1, -0.05) is 91.0 Å². The fraction of sp³-hybridized carbons (Fsp3) is 0.258. The molecule has 220 valence electrons. The predicted molar refractivity (Wildman–Crippen MR) is 154 cm³/mol. The van der Waals surface area contributed by atoms with Gasteiger partial charge >= 0.3 is 11.9 Å². The number of carbonyl (C=O) groups is 5. The van der Waals surface area contributed by atoms with Gasteiger partial charge in [-0.15, -0.1) is 0 Å². The third kappa shape index (κ3) is 10.2. The van der Waals surface area contributed by atoms with Crippen LogP contribution in [0.5, 0.6) is 0 Å². The van der Waals surface area contributed by atoms with Crippen molar-refractivity contribution < 1.29 is 34.2 Å². The molecule has 0 saturated heterocycles. The molecule has 0 aromatic heterocycles. The first kappa shape index (κ1) is 31.5. The summed E-state index contributed by atoms with van der Waals surface area (Å²) < 4.78 is 0. The molecule has 0 radical (unpaired) electrons. The van der Waals surface area contributed by atoms with Gasteiger partial charge in [0.1, 0.15) is 18.1 Å². The lowest BCUT2D eigenvalue weighted by Gasteiger charge is -2.25. The molecule has 3 rings (SSSR count). The van der Waals surface area contributed by atoms with Gasteiger partial charge in [0.2, 0.25) is 17.7 Å². The molecule has 3 aromatic carbocycles. The molecule has 0 saturated carbocycles. The van der Waals surface area contributed by atoms with E-state index in [-0.39, 0.29) is 19.3 Å². The lowest BCUT2D eigenvalue weighted by Crippen LogP contribution is -2.58. The van der Waals surface area contributed by atoms with E-state index in [1.54, 1.807) is 84.9 Å². The van der Waals surface area contributed by atoms with Crippen molar-refractivity contribution in [1.29, 1.82) is 0 Å². The van der Waals surface area contributed by atoms with Crippen LogP contribution in [0.2, 0.25) is 0 Å². The quantitative estimate of drug-likeness (QED) is 0.155. The molecule has 0 bridgehead atoms. The Morgan fingerprint density at radius 2 is 0.929 bits per heavy atom. The van der Waals surface area contributed by atoms with E-state index >= 15 is 0 Å². The Labute approximate surface area is 243 Å². The molecule has 0 spiro atoms. The molecule has 3 aromatic rings. The molecular weight excluding hydrogens is 540 g/mol. The Bertz CT molecular complexity index is 1350. The molecule has 0 aliphatic rings. The van der Waals surface area contributed by atoms with Crippen LogP contribution < -0.4 is 21.7 Å². The second-order valence-electron chi connectivity index (χ2n) is 9.80. The van der Waals surface area contributed by atoms with Gasteiger partial charge in [0.15, 0.2) is 0 Å². The fourth-order valence-corrected chi connectivity index (χ4v) is 4.28. The zero-order chi connectivity index (χ0) is 30.5. The maximum atomic E-state index is 13.4. The van der Waals surface area contributed by atoms with Gasteiger partial charge in [0, 0.05) is 12.8 Å². The fourth-order valence-electron chi connectivity index (χ4n) is 4.28. The summed E-state index contributed by atoms with van der Waals surface area (Å²) >= 11 is 0. The summed E-state index contributed by atoms with van der Waals surface area (Å²) in [5.74, 6) is -5.07. The summed E-state index contributed by atoms with van der Waals surface area (Å²) in [6.45, 7) is 0. The Morgan fingerprint density at radius 3 is 1.38 bits per heavy atom. The first-order valence-electron chi connectivity index (χ1n) is 13.4. The van der Waals surface area contributed by atoms with E-state index in [4.69, 9.17) is 5.73 Å². The number of nitrogens with one attached hydrogen (secondary N) is 3. The van der Waals surface area contributed by atoms with Gasteiger partial charge in [0.25, 0.3) is 0 Å². The maximum Gasteiger partial charge on any atom is 0.326 e.